The lowest BCUT2D eigenvalue weighted by Gasteiger charge is -2.30. The van der Waals surface area contributed by atoms with Gasteiger partial charge in [-0.25, -0.2) is 0 Å². The molecule has 92 valence electrons. The van der Waals surface area contributed by atoms with Gasteiger partial charge in [-0.3, -0.25) is 0 Å². The summed E-state index contributed by atoms with van der Waals surface area (Å²) in [6.07, 6.45) is 5.27. The molecule has 0 radical (unpaired) electrons. The summed E-state index contributed by atoms with van der Waals surface area (Å²) in [5, 5.41) is 3.39. The average Bonchev–Trinajstić information content (AvgIpc) is 3.23. The second-order valence-corrected chi connectivity index (χ2v) is 5.27. The van der Waals surface area contributed by atoms with E-state index in [2.05, 4.69) is 36.6 Å². The van der Waals surface area contributed by atoms with Crippen molar-refractivity contribution in [2.45, 2.75) is 43.7 Å². The topological polar surface area (TPSA) is 21.3 Å². The van der Waals surface area contributed by atoms with E-state index in [0.29, 0.717) is 12.1 Å². The van der Waals surface area contributed by atoms with Gasteiger partial charge in [-0.05, 0) is 49.8 Å². The first-order chi connectivity index (χ1) is 8.38. The van der Waals surface area contributed by atoms with Gasteiger partial charge in [0.05, 0.1) is 6.10 Å². The standard InChI is InChI=1S/C15H21NO/c1-16-12-8-9-17-15(10-12)14-5-3-2-4-13(14)11-6-7-11/h2-5,11-12,15-16H,6-10H2,1H3. The van der Waals surface area contributed by atoms with Gasteiger partial charge in [0.1, 0.15) is 0 Å². The molecular weight excluding hydrogens is 210 g/mol. The van der Waals surface area contributed by atoms with Crippen molar-refractivity contribution < 1.29 is 4.74 Å². The van der Waals surface area contributed by atoms with E-state index in [0.717, 1.165) is 25.4 Å². The molecule has 0 bridgehead atoms. The summed E-state index contributed by atoms with van der Waals surface area (Å²) in [4.78, 5) is 0. The van der Waals surface area contributed by atoms with Gasteiger partial charge in [0, 0.05) is 12.6 Å². The Hall–Kier alpha value is -0.860. The SMILES string of the molecule is CNC1CCOC(c2ccccc2C2CC2)C1. The first-order valence-electron chi connectivity index (χ1n) is 6.76. The molecule has 3 rings (SSSR count). The Morgan fingerprint density at radius 1 is 1.12 bits per heavy atom. The molecule has 2 heteroatoms. The molecule has 0 aromatic heterocycles. The fraction of sp³-hybridized carbons (Fsp3) is 0.600. The second kappa shape index (κ2) is 4.79. The molecule has 2 atom stereocenters. The Morgan fingerprint density at radius 3 is 2.59 bits per heavy atom. The van der Waals surface area contributed by atoms with Crippen LogP contribution in [0.15, 0.2) is 24.3 Å². The van der Waals surface area contributed by atoms with E-state index >= 15 is 0 Å². The smallest absolute Gasteiger partial charge is 0.0842 e. The molecule has 1 aromatic rings. The van der Waals surface area contributed by atoms with Crippen molar-refractivity contribution in [3.63, 3.8) is 0 Å². The predicted molar refractivity (Wildman–Crippen MR) is 69.2 cm³/mol. The van der Waals surface area contributed by atoms with Gasteiger partial charge in [-0.2, -0.15) is 0 Å². The van der Waals surface area contributed by atoms with Crippen molar-refractivity contribution >= 4 is 0 Å². The summed E-state index contributed by atoms with van der Waals surface area (Å²) in [5.74, 6) is 0.810. The van der Waals surface area contributed by atoms with E-state index < -0.39 is 0 Å². The maximum atomic E-state index is 5.97. The lowest BCUT2D eigenvalue weighted by atomic mass is 9.92. The second-order valence-electron chi connectivity index (χ2n) is 5.27. The van der Waals surface area contributed by atoms with Gasteiger partial charge in [0.2, 0.25) is 0 Å². The van der Waals surface area contributed by atoms with E-state index in [9.17, 15) is 0 Å². The summed E-state index contributed by atoms with van der Waals surface area (Å²) in [6.45, 7) is 0.884. The normalized spacial score (nSPS) is 29.2. The van der Waals surface area contributed by atoms with Gasteiger partial charge >= 0.3 is 0 Å². The summed E-state index contributed by atoms with van der Waals surface area (Å²) < 4.78 is 5.97. The van der Waals surface area contributed by atoms with Crippen LogP contribution in [-0.4, -0.2) is 19.7 Å². The van der Waals surface area contributed by atoms with E-state index in [1.165, 1.54) is 24.0 Å². The Kier molecular flexibility index (Phi) is 3.17. The molecule has 1 aliphatic heterocycles. The molecule has 1 aliphatic carbocycles. The Bertz CT molecular complexity index is 386. The zero-order chi connectivity index (χ0) is 11.7. The monoisotopic (exact) mass is 231 g/mol. The molecule has 1 saturated heterocycles. The number of rotatable bonds is 3. The number of ether oxygens (including phenoxy) is 1. The van der Waals surface area contributed by atoms with E-state index in [-0.39, 0.29) is 0 Å². The number of benzene rings is 1. The van der Waals surface area contributed by atoms with E-state index in [1.54, 1.807) is 0 Å². The van der Waals surface area contributed by atoms with Crippen molar-refractivity contribution in [2.75, 3.05) is 13.7 Å². The van der Waals surface area contributed by atoms with Crippen LogP contribution in [0.3, 0.4) is 0 Å². The molecule has 2 fully saturated rings. The van der Waals surface area contributed by atoms with E-state index in [4.69, 9.17) is 4.74 Å². The highest BCUT2D eigenvalue weighted by Gasteiger charge is 2.30. The van der Waals surface area contributed by atoms with E-state index in [1.807, 2.05) is 0 Å². The first kappa shape index (κ1) is 11.2. The van der Waals surface area contributed by atoms with Crippen LogP contribution in [0.2, 0.25) is 0 Å². The number of nitrogens with one attached hydrogen (secondary N) is 1. The quantitative estimate of drug-likeness (QED) is 0.863. The third-order valence-electron chi connectivity index (χ3n) is 4.05. The highest BCUT2D eigenvalue weighted by Crippen LogP contribution is 2.44. The van der Waals surface area contributed by atoms with Crippen molar-refractivity contribution in [1.29, 1.82) is 0 Å². The van der Waals surface area contributed by atoms with Crippen LogP contribution >= 0.6 is 0 Å². The van der Waals surface area contributed by atoms with Gasteiger partial charge in [0.15, 0.2) is 0 Å². The van der Waals surface area contributed by atoms with Crippen LogP contribution < -0.4 is 5.32 Å². The molecule has 1 N–H and O–H groups in total. The minimum atomic E-state index is 0.304. The third kappa shape index (κ3) is 2.38. The molecule has 2 aliphatic rings. The molecular formula is C15H21NO. The highest BCUT2D eigenvalue weighted by molar-refractivity contribution is 5.35. The minimum absolute atomic E-state index is 0.304. The summed E-state index contributed by atoms with van der Waals surface area (Å²) in [6, 6.07) is 9.47. The van der Waals surface area contributed by atoms with Crippen LogP contribution in [0.1, 0.15) is 48.8 Å². The summed E-state index contributed by atoms with van der Waals surface area (Å²) in [5.41, 5.74) is 2.98. The van der Waals surface area contributed by atoms with Crippen LogP contribution in [0.4, 0.5) is 0 Å². The molecule has 0 spiro atoms. The third-order valence-corrected chi connectivity index (χ3v) is 4.05. The fourth-order valence-corrected chi connectivity index (χ4v) is 2.85. The predicted octanol–water partition coefficient (Wildman–Crippen LogP) is 3.00. The number of hydrogen-bond acceptors (Lipinski definition) is 2. The lowest BCUT2D eigenvalue weighted by molar-refractivity contribution is 0.00105. The van der Waals surface area contributed by atoms with Crippen molar-refractivity contribution in [2.24, 2.45) is 0 Å². The van der Waals surface area contributed by atoms with Crippen molar-refractivity contribution in [1.82, 2.24) is 5.32 Å². The maximum absolute atomic E-state index is 5.97. The zero-order valence-electron chi connectivity index (χ0n) is 10.5. The molecule has 17 heavy (non-hydrogen) atoms. The Balaban J connectivity index is 1.82. The Morgan fingerprint density at radius 2 is 1.88 bits per heavy atom. The minimum Gasteiger partial charge on any atom is -0.373 e. The Labute approximate surface area is 103 Å². The summed E-state index contributed by atoms with van der Waals surface area (Å²) >= 11 is 0. The molecule has 1 heterocycles. The van der Waals surface area contributed by atoms with Gasteiger partial charge in [0.25, 0.3) is 0 Å². The average molecular weight is 231 g/mol. The lowest BCUT2D eigenvalue weighted by Crippen LogP contribution is -2.33. The molecule has 1 aromatic carbocycles. The van der Waals surface area contributed by atoms with Gasteiger partial charge in [-0.1, -0.05) is 24.3 Å². The molecule has 2 unspecified atom stereocenters. The fourth-order valence-electron chi connectivity index (χ4n) is 2.85. The van der Waals surface area contributed by atoms with Crippen molar-refractivity contribution in [3.05, 3.63) is 35.4 Å². The van der Waals surface area contributed by atoms with Crippen LogP contribution in [0, 0.1) is 0 Å². The summed E-state index contributed by atoms with van der Waals surface area (Å²) in [7, 11) is 2.06. The van der Waals surface area contributed by atoms with Crippen LogP contribution in [-0.2, 0) is 4.74 Å². The van der Waals surface area contributed by atoms with Crippen LogP contribution in [0.5, 0.6) is 0 Å². The molecule has 0 amide bonds. The molecule has 1 saturated carbocycles. The van der Waals surface area contributed by atoms with Crippen molar-refractivity contribution in [3.8, 4) is 0 Å². The maximum Gasteiger partial charge on any atom is 0.0842 e. The van der Waals surface area contributed by atoms with Gasteiger partial charge < -0.3 is 10.1 Å². The largest absolute Gasteiger partial charge is 0.373 e. The highest BCUT2D eigenvalue weighted by atomic mass is 16.5. The van der Waals surface area contributed by atoms with Crippen LogP contribution in [0.25, 0.3) is 0 Å². The molecule has 2 nitrogen and oxygen atoms in total. The first-order valence-corrected chi connectivity index (χ1v) is 6.76. The number of hydrogen-bond donors (Lipinski definition) is 1. The zero-order valence-corrected chi connectivity index (χ0v) is 10.5. The van der Waals surface area contributed by atoms with Gasteiger partial charge in [-0.15, -0.1) is 0 Å².